The highest BCUT2D eigenvalue weighted by Gasteiger charge is 2.03. The van der Waals surface area contributed by atoms with Gasteiger partial charge in [0.15, 0.2) is 5.17 Å². The number of amidine groups is 1. The predicted molar refractivity (Wildman–Crippen MR) is 122 cm³/mol. The van der Waals surface area contributed by atoms with Crippen molar-refractivity contribution in [1.29, 1.82) is 0 Å². The second kappa shape index (κ2) is 9.21. The molecule has 0 unspecified atom stereocenters. The smallest absolute Gasteiger partial charge is 0.180 e. The molecule has 0 radical (unpaired) electrons. The second-order valence-electron chi connectivity index (χ2n) is 6.58. The lowest BCUT2D eigenvalue weighted by molar-refractivity contribution is 0.831. The van der Waals surface area contributed by atoms with E-state index < -0.39 is 0 Å². The van der Waals surface area contributed by atoms with Crippen molar-refractivity contribution in [3.8, 4) is 0 Å². The van der Waals surface area contributed by atoms with Gasteiger partial charge in [-0.15, -0.1) is 5.10 Å². The van der Waals surface area contributed by atoms with Crippen LogP contribution in [0.3, 0.4) is 0 Å². The SMILES string of the molecule is NC(=NN=Cc1ccc2ccn(Cc3cccnc3)c2c1)SCc1ccccc1. The van der Waals surface area contributed by atoms with Gasteiger partial charge < -0.3 is 10.3 Å². The molecule has 144 valence electrons. The number of hydrogen-bond donors (Lipinski definition) is 1. The minimum atomic E-state index is 0.450. The molecule has 6 heteroatoms. The molecular formula is C23H21N5S. The molecule has 2 N–H and O–H groups in total. The molecule has 5 nitrogen and oxygen atoms in total. The number of rotatable bonds is 6. The second-order valence-corrected chi connectivity index (χ2v) is 7.58. The van der Waals surface area contributed by atoms with Crippen molar-refractivity contribution in [2.45, 2.75) is 12.3 Å². The number of aromatic nitrogens is 2. The van der Waals surface area contributed by atoms with Crippen LogP contribution < -0.4 is 5.73 Å². The Morgan fingerprint density at radius 1 is 1.03 bits per heavy atom. The van der Waals surface area contributed by atoms with Crippen molar-refractivity contribution in [1.82, 2.24) is 9.55 Å². The van der Waals surface area contributed by atoms with Crippen molar-refractivity contribution in [3.05, 3.63) is 102 Å². The molecule has 4 rings (SSSR count). The summed E-state index contributed by atoms with van der Waals surface area (Å²) in [4.78, 5) is 4.19. The Morgan fingerprint density at radius 2 is 1.90 bits per heavy atom. The third-order valence-corrected chi connectivity index (χ3v) is 5.32. The fraction of sp³-hybridized carbons (Fsp3) is 0.0870. The highest BCUT2D eigenvalue weighted by Crippen LogP contribution is 2.18. The molecule has 0 aliphatic carbocycles. The summed E-state index contributed by atoms with van der Waals surface area (Å²) in [6, 6.07) is 22.5. The van der Waals surface area contributed by atoms with Gasteiger partial charge in [-0.2, -0.15) is 5.10 Å². The Bertz CT molecular complexity index is 1130. The lowest BCUT2D eigenvalue weighted by Crippen LogP contribution is -2.06. The maximum atomic E-state index is 5.96. The third kappa shape index (κ3) is 5.12. The van der Waals surface area contributed by atoms with E-state index in [1.165, 1.54) is 22.7 Å². The average Bonchev–Trinajstić information content (AvgIpc) is 3.16. The normalized spacial score (nSPS) is 12.1. The molecule has 0 amide bonds. The Balaban J connectivity index is 1.44. The maximum Gasteiger partial charge on any atom is 0.180 e. The van der Waals surface area contributed by atoms with Crippen molar-refractivity contribution >= 4 is 34.0 Å². The largest absolute Gasteiger partial charge is 0.377 e. The van der Waals surface area contributed by atoms with Gasteiger partial charge in [0, 0.05) is 36.4 Å². The first kappa shape index (κ1) is 19.0. The average molecular weight is 400 g/mol. The Labute approximate surface area is 174 Å². The summed E-state index contributed by atoms with van der Waals surface area (Å²) in [5.74, 6) is 0.777. The van der Waals surface area contributed by atoms with Crippen LogP contribution in [0.5, 0.6) is 0 Å². The molecular weight excluding hydrogens is 378 g/mol. The summed E-state index contributed by atoms with van der Waals surface area (Å²) in [5, 5.41) is 9.90. The predicted octanol–water partition coefficient (Wildman–Crippen LogP) is 4.67. The maximum absolute atomic E-state index is 5.96. The first-order valence-electron chi connectivity index (χ1n) is 9.29. The van der Waals surface area contributed by atoms with Gasteiger partial charge in [0.2, 0.25) is 0 Å². The molecule has 2 heterocycles. The summed E-state index contributed by atoms with van der Waals surface area (Å²) < 4.78 is 2.21. The minimum Gasteiger partial charge on any atom is -0.377 e. The number of fused-ring (bicyclic) bond motifs is 1. The van der Waals surface area contributed by atoms with E-state index >= 15 is 0 Å². The highest BCUT2D eigenvalue weighted by atomic mass is 32.2. The summed E-state index contributed by atoms with van der Waals surface area (Å²) >= 11 is 1.48. The number of benzene rings is 2. The van der Waals surface area contributed by atoms with Crippen LogP contribution in [-0.2, 0) is 12.3 Å². The Morgan fingerprint density at radius 3 is 2.72 bits per heavy atom. The van der Waals surface area contributed by atoms with E-state index in [2.05, 4.69) is 62.3 Å². The molecule has 2 aromatic carbocycles. The van der Waals surface area contributed by atoms with Crippen molar-refractivity contribution < 1.29 is 0 Å². The molecule has 0 aliphatic heterocycles. The minimum absolute atomic E-state index is 0.450. The van der Waals surface area contributed by atoms with E-state index in [9.17, 15) is 0 Å². The van der Waals surface area contributed by atoms with Gasteiger partial charge in [-0.25, -0.2) is 0 Å². The number of thioether (sulfide) groups is 1. The number of nitrogens with zero attached hydrogens (tertiary/aromatic N) is 4. The highest BCUT2D eigenvalue weighted by molar-refractivity contribution is 8.13. The molecule has 4 aromatic rings. The molecule has 0 saturated heterocycles. The number of hydrogen-bond acceptors (Lipinski definition) is 4. The van der Waals surface area contributed by atoms with E-state index in [0.29, 0.717) is 5.17 Å². The van der Waals surface area contributed by atoms with Crippen LogP contribution in [0.1, 0.15) is 16.7 Å². The van der Waals surface area contributed by atoms with Gasteiger partial charge >= 0.3 is 0 Å². The fourth-order valence-corrected chi connectivity index (χ4v) is 3.63. The summed E-state index contributed by atoms with van der Waals surface area (Å²) in [5.41, 5.74) is 10.5. The Hall–Kier alpha value is -3.38. The molecule has 0 saturated carbocycles. The molecule has 0 spiro atoms. The van der Waals surface area contributed by atoms with Crippen molar-refractivity contribution in [2.75, 3.05) is 0 Å². The van der Waals surface area contributed by atoms with Crippen LogP contribution in [0.15, 0.2) is 95.5 Å². The lowest BCUT2D eigenvalue weighted by atomic mass is 10.2. The van der Waals surface area contributed by atoms with Gasteiger partial charge in [-0.3, -0.25) is 4.98 Å². The van der Waals surface area contributed by atoms with Gasteiger partial charge in [-0.05, 0) is 40.3 Å². The van der Waals surface area contributed by atoms with Crippen molar-refractivity contribution in [2.24, 2.45) is 15.9 Å². The topological polar surface area (TPSA) is 68.6 Å². The number of nitrogens with two attached hydrogens (primary N) is 1. The van der Waals surface area contributed by atoms with E-state index in [1.54, 1.807) is 12.4 Å². The van der Waals surface area contributed by atoms with Gasteiger partial charge in [0.1, 0.15) is 0 Å². The standard InChI is InChI=1S/C23H21N5S/c24-23(29-17-18-5-2-1-3-6-18)27-26-15-19-8-9-21-10-12-28(22(21)13-19)16-20-7-4-11-25-14-20/h1-15H,16-17H2,(H2,24,27). The third-order valence-electron chi connectivity index (χ3n) is 4.47. The zero-order valence-corrected chi connectivity index (χ0v) is 16.7. The Kier molecular flexibility index (Phi) is 6.02. The van der Waals surface area contributed by atoms with Crippen LogP contribution >= 0.6 is 11.8 Å². The van der Waals surface area contributed by atoms with Crippen LogP contribution in [-0.4, -0.2) is 20.9 Å². The van der Waals surface area contributed by atoms with Gasteiger partial charge in [-0.1, -0.05) is 60.3 Å². The molecule has 0 bridgehead atoms. The van der Waals surface area contributed by atoms with Gasteiger partial charge in [0.05, 0.1) is 6.21 Å². The summed E-state index contributed by atoms with van der Waals surface area (Å²) in [7, 11) is 0. The summed E-state index contributed by atoms with van der Waals surface area (Å²) in [6.45, 7) is 0.777. The van der Waals surface area contributed by atoms with Gasteiger partial charge in [0.25, 0.3) is 0 Å². The molecule has 0 fully saturated rings. The van der Waals surface area contributed by atoms with Crippen LogP contribution in [0, 0.1) is 0 Å². The quantitative estimate of drug-likeness (QED) is 0.291. The molecule has 0 aliphatic rings. The zero-order valence-electron chi connectivity index (χ0n) is 15.8. The summed E-state index contributed by atoms with van der Waals surface area (Å²) in [6.07, 6.45) is 7.50. The molecule has 0 atom stereocenters. The first-order chi connectivity index (χ1) is 14.3. The number of pyridine rings is 1. The van der Waals surface area contributed by atoms with Crippen LogP contribution in [0.4, 0.5) is 0 Å². The van der Waals surface area contributed by atoms with Crippen LogP contribution in [0.2, 0.25) is 0 Å². The lowest BCUT2D eigenvalue weighted by Gasteiger charge is -2.05. The van der Waals surface area contributed by atoms with E-state index in [4.69, 9.17) is 5.73 Å². The first-order valence-corrected chi connectivity index (χ1v) is 10.3. The van der Waals surface area contributed by atoms with Crippen molar-refractivity contribution in [3.63, 3.8) is 0 Å². The molecule has 29 heavy (non-hydrogen) atoms. The van der Waals surface area contributed by atoms with Crippen LogP contribution in [0.25, 0.3) is 10.9 Å². The fourth-order valence-electron chi connectivity index (χ4n) is 3.02. The monoisotopic (exact) mass is 399 g/mol. The molecule has 2 aromatic heterocycles. The van der Waals surface area contributed by atoms with E-state index in [0.717, 1.165) is 28.9 Å². The zero-order chi connectivity index (χ0) is 19.9. The van der Waals surface area contributed by atoms with E-state index in [1.807, 2.05) is 36.5 Å². The van der Waals surface area contributed by atoms with E-state index in [-0.39, 0.29) is 0 Å².